The number of halogens is 2. The minimum atomic E-state index is -0.770. The summed E-state index contributed by atoms with van der Waals surface area (Å²) in [4.78, 5) is 16.2. The van der Waals surface area contributed by atoms with Crippen LogP contribution in [0, 0.1) is 5.82 Å². The Kier molecular flexibility index (Phi) is 7.75. The summed E-state index contributed by atoms with van der Waals surface area (Å²) in [6.07, 6.45) is -1.23. The molecule has 4 rings (SSSR count). The average Bonchev–Trinajstić information content (AvgIpc) is 3.22. The zero-order chi connectivity index (χ0) is 23.2. The van der Waals surface area contributed by atoms with Crippen molar-refractivity contribution in [2.24, 2.45) is 0 Å². The Bertz CT molecular complexity index is 1070. The summed E-state index contributed by atoms with van der Waals surface area (Å²) in [6, 6.07) is 23.8. The summed E-state index contributed by atoms with van der Waals surface area (Å²) in [6.45, 7) is 1.46. The van der Waals surface area contributed by atoms with Crippen molar-refractivity contribution in [2.75, 3.05) is 13.1 Å². The maximum atomic E-state index is 14.5. The van der Waals surface area contributed by atoms with Crippen LogP contribution in [0.4, 0.5) is 9.18 Å². The monoisotopic (exact) mass is 512 g/mol. The molecule has 33 heavy (non-hydrogen) atoms. The summed E-state index contributed by atoms with van der Waals surface area (Å²) in [7, 11) is 0. The van der Waals surface area contributed by atoms with Crippen molar-refractivity contribution >= 4 is 22.0 Å². The fraction of sp³-hybridized carbons (Fsp3) is 0.269. The third-order valence-electron chi connectivity index (χ3n) is 5.80. The van der Waals surface area contributed by atoms with Gasteiger partial charge in [-0.25, -0.2) is 9.18 Å². The largest absolute Gasteiger partial charge is 0.445 e. The van der Waals surface area contributed by atoms with E-state index < -0.39 is 12.2 Å². The van der Waals surface area contributed by atoms with E-state index in [1.54, 1.807) is 12.1 Å². The number of benzene rings is 3. The third-order valence-corrected chi connectivity index (χ3v) is 6.29. The first-order valence-corrected chi connectivity index (χ1v) is 11.6. The lowest BCUT2D eigenvalue weighted by molar-refractivity contribution is 0.0721. The molecule has 1 aliphatic rings. The molecule has 2 atom stereocenters. The second-order valence-electron chi connectivity index (χ2n) is 8.21. The van der Waals surface area contributed by atoms with Gasteiger partial charge >= 0.3 is 6.09 Å². The van der Waals surface area contributed by atoms with Crippen LogP contribution >= 0.6 is 15.9 Å². The summed E-state index contributed by atoms with van der Waals surface area (Å²) in [5.41, 5.74) is 2.47. The second kappa shape index (κ2) is 10.9. The number of nitrogens with zero attached hydrogens (tertiary/aromatic N) is 2. The average molecular weight is 513 g/mol. The van der Waals surface area contributed by atoms with Crippen LogP contribution in [-0.2, 0) is 24.4 Å². The van der Waals surface area contributed by atoms with Crippen LogP contribution in [0.15, 0.2) is 83.3 Å². The van der Waals surface area contributed by atoms with Gasteiger partial charge < -0.3 is 14.7 Å². The maximum Gasteiger partial charge on any atom is 0.410 e. The van der Waals surface area contributed by atoms with E-state index in [0.717, 1.165) is 15.6 Å². The van der Waals surface area contributed by atoms with E-state index in [4.69, 9.17) is 4.74 Å². The lowest BCUT2D eigenvalue weighted by Crippen LogP contribution is -2.42. The molecular weight excluding hydrogens is 487 g/mol. The number of hydrogen-bond acceptors (Lipinski definition) is 4. The van der Waals surface area contributed by atoms with Gasteiger partial charge in [0.15, 0.2) is 0 Å². The highest BCUT2D eigenvalue weighted by molar-refractivity contribution is 9.10. The van der Waals surface area contributed by atoms with E-state index in [2.05, 4.69) is 15.9 Å². The molecule has 0 unspecified atom stereocenters. The number of amides is 1. The lowest BCUT2D eigenvalue weighted by atomic mass is 10.1. The van der Waals surface area contributed by atoms with Gasteiger partial charge in [-0.3, -0.25) is 4.90 Å². The van der Waals surface area contributed by atoms with E-state index in [0.29, 0.717) is 25.2 Å². The molecule has 0 bridgehead atoms. The van der Waals surface area contributed by atoms with E-state index in [-0.39, 0.29) is 25.0 Å². The fourth-order valence-corrected chi connectivity index (χ4v) is 4.49. The molecule has 1 fully saturated rings. The Morgan fingerprint density at radius 2 is 1.67 bits per heavy atom. The molecule has 0 aliphatic carbocycles. The summed E-state index contributed by atoms with van der Waals surface area (Å²) in [5.74, 6) is -0.303. The number of ether oxygens (including phenoxy) is 1. The van der Waals surface area contributed by atoms with Gasteiger partial charge in [0.2, 0.25) is 0 Å². The van der Waals surface area contributed by atoms with Gasteiger partial charge in [0, 0.05) is 29.7 Å². The Labute approximate surface area is 201 Å². The summed E-state index contributed by atoms with van der Waals surface area (Å²) >= 11 is 3.41. The Morgan fingerprint density at radius 3 is 2.36 bits per heavy atom. The number of likely N-dealkylation sites (tertiary alicyclic amines) is 1. The zero-order valence-corrected chi connectivity index (χ0v) is 19.7. The predicted molar refractivity (Wildman–Crippen MR) is 128 cm³/mol. The van der Waals surface area contributed by atoms with Crippen LogP contribution in [0.2, 0.25) is 0 Å². The van der Waals surface area contributed by atoms with Gasteiger partial charge in [-0.2, -0.15) is 0 Å². The quantitative estimate of drug-likeness (QED) is 0.485. The molecule has 0 spiro atoms. The number of β-amino-alcohol motifs (C(OH)–C–C–N with tert-alkyl or cyclic N) is 1. The highest BCUT2D eigenvalue weighted by atomic mass is 79.9. The molecule has 7 heteroatoms. The molecule has 0 aromatic heterocycles. The van der Waals surface area contributed by atoms with E-state index in [1.807, 2.05) is 65.6 Å². The van der Waals surface area contributed by atoms with Crippen molar-refractivity contribution in [3.8, 4) is 0 Å². The number of carbonyl (C=O) groups excluding carboxylic acids is 1. The Hall–Kier alpha value is -2.74. The Balaban J connectivity index is 1.48. The highest BCUT2D eigenvalue weighted by Gasteiger charge is 2.38. The number of aliphatic hydroxyl groups excluding tert-OH is 1. The third kappa shape index (κ3) is 6.19. The molecule has 3 aromatic rings. The fourth-order valence-electron chi connectivity index (χ4n) is 4.08. The molecule has 0 radical (unpaired) electrons. The van der Waals surface area contributed by atoms with Crippen LogP contribution in [0.5, 0.6) is 0 Å². The maximum absolute atomic E-state index is 14.5. The predicted octanol–water partition coefficient (Wildman–Crippen LogP) is 4.97. The van der Waals surface area contributed by atoms with Crippen molar-refractivity contribution in [1.82, 2.24) is 9.80 Å². The zero-order valence-electron chi connectivity index (χ0n) is 18.1. The molecule has 1 saturated heterocycles. The number of carbonyl (C=O) groups is 1. The van der Waals surface area contributed by atoms with Crippen molar-refractivity contribution in [3.05, 3.63) is 106 Å². The molecule has 0 saturated carbocycles. The van der Waals surface area contributed by atoms with Crippen LogP contribution in [0.1, 0.15) is 16.7 Å². The van der Waals surface area contributed by atoms with Crippen molar-refractivity contribution in [3.63, 3.8) is 0 Å². The van der Waals surface area contributed by atoms with Gasteiger partial charge in [-0.15, -0.1) is 0 Å². The van der Waals surface area contributed by atoms with Crippen LogP contribution in [0.3, 0.4) is 0 Å². The number of aliphatic hydroxyl groups is 1. The molecule has 1 N–H and O–H groups in total. The minimum Gasteiger partial charge on any atom is -0.445 e. The summed E-state index contributed by atoms with van der Waals surface area (Å²) < 4.78 is 20.8. The van der Waals surface area contributed by atoms with Crippen LogP contribution in [-0.4, -0.2) is 46.2 Å². The molecule has 5 nitrogen and oxygen atoms in total. The smallest absolute Gasteiger partial charge is 0.410 e. The van der Waals surface area contributed by atoms with Crippen molar-refractivity contribution in [2.45, 2.75) is 31.8 Å². The first kappa shape index (κ1) is 23.4. The van der Waals surface area contributed by atoms with E-state index >= 15 is 0 Å². The van der Waals surface area contributed by atoms with Crippen molar-refractivity contribution in [1.29, 1.82) is 0 Å². The van der Waals surface area contributed by atoms with Gasteiger partial charge in [0.25, 0.3) is 0 Å². The molecule has 3 aromatic carbocycles. The standard InChI is InChI=1S/C26H26BrFN2O3/c27-22-11-12-23(28)21(13-22)15-29(14-19-7-3-1-4-8-19)24-16-30(17-25(24)31)26(32)33-18-20-9-5-2-6-10-20/h1-13,24-25,31H,14-18H2/t24-,25-/m1/s1. The van der Waals surface area contributed by atoms with E-state index in [9.17, 15) is 14.3 Å². The molecule has 1 heterocycles. The van der Waals surface area contributed by atoms with Crippen LogP contribution in [0.25, 0.3) is 0 Å². The first-order valence-electron chi connectivity index (χ1n) is 10.8. The number of rotatable bonds is 7. The Morgan fingerprint density at radius 1 is 1.00 bits per heavy atom. The second-order valence-corrected chi connectivity index (χ2v) is 9.12. The minimum absolute atomic E-state index is 0.171. The molecule has 1 aliphatic heterocycles. The lowest BCUT2D eigenvalue weighted by Gasteiger charge is -2.31. The molecule has 172 valence electrons. The first-order chi connectivity index (χ1) is 16.0. The topological polar surface area (TPSA) is 53.0 Å². The van der Waals surface area contributed by atoms with Crippen LogP contribution < -0.4 is 0 Å². The molecular formula is C26H26BrFN2O3. The van der Waals surface area contributed by atoms with Gasteiger partial charge in [0.1, 0.15) is 12.4 Å². The normalized spacial score (nSPS) is 18.0. The molecule has 1 amide bonds. The summed E-state index contributed by atoms with van der Waals surface area (Å²) in [5, 5.41) is 10.8. The van der Waals surface area contributed by atoms with Gasteiger partial charge in [-0.05, 0) is 29.3 Å². The van der Waals surface area contributed by atoms with Crippen molar-refractivity contribution < 1.29 is 19.0 Å². The highest BCUT2D eigenvalue weighted by Crippen LogP contribution is 2.24. The van der Waals surface area contributed by atoms with Gasteiger partial charge in [0.05, 0.1) is 18.7 Å². The van der Waals surface area contributed by atoms with Gasteiger partial charge in [-0.1, -0.05) is 76.6 Å². The number of hydrogen-bond donors (Lipinski definition) is 1. The van der Waals surface area contributed by atoms with E-state index in [1.165, 1.54) is 11.0 Å². The SMILES string of the molecule is O=C(OCc1ccccc1)N1C[C@@H](O)[C@H](N(Cc2ccccc2)Cc2cc(Br)ccc2F)C1.